The number of benzene rings is 1. The number of nitrogens with one attached hydrogen (secondary N) is 1. The fourth-order valence-corrected chi connectivity index (χ4v) is 3.64. The van der Waals surface area contributed by atoms with Gasteiger partial charge in [-0.25, -0.2) is 0 Å². The topological polar surface area (TPSA) is 74.2 Å². The van der Waals surface area contributed by atoms with Gasteiger partial charge in [-0.15, -0.1) is 10.2 Å². The molecule has 1 fully saturated rings. The molecule has 4 rings (SSSR count). The molecule has 0 unspecified atom stereocenters. The summed E-state index contributed by atoms with van der Waals surface area (Å²) in [5.74, 6) is 1.68. The Hall–Kier alpha value is -3.19. The van der Waals surface area contributed by atoms with Crippen LogP contribution in [0.3, 0.4) is 0 Å². The molecule has 3 aromatic rings. The second-order valence-electron chi connectivity index (χ2n) is 7.14. The van der Waals surface area contributed by atoms with E-state index in [1.165, 1.54) is 0 Å². The molecule has 0 radical (unpaired) electrons. The molecule has 1 N–H and O–H groups in total. The van der Waals surface area contributed by atoms with Gasteiger partial charge in [0.15, 0.2) is 11.6 Å². The van der Waals surface area contributed by atoms with Crippen molar-refractivity contribution in [1.82, 2.24) is 20.1 Å². The van der Waals surface area contributed by atoms with Gasteiger partial charge in [-0.3, -0.25) is 9.78 Å². The maximum absolute atomic E-state index is 12.6. The number of hydrogen-bond donors (Lipinski definition) is 1. The summed E-state index contributed by atoms with van der Waals surface area (Å²) in [5, 5.41) is 12.5. The summed E-state index contributed by atoms with van der Waals surface area (Å²) in [4.78, 5) is 20.6. The number of hydrogen-bond acceptors (Lipinski definition) is 6. The fourth-order valence-electron chi connectivity index (χ4n) is 3.43. The normalized spacial score (nSPS) is 13.9. The molecule has 0 spiro atoms. The van der Waals surface area contributed by atoms with E-state index in [0.717, 1.165) is 30.2 Å². The zero-order valence-electron chi connectivity index (χ0n) is 16.5. The molecule has 1 aliphatic heterocycles. The molecule has 8 heteroatoms. The van der Waals surface area contributed by atoms with Gasteiger partial charge in [0.1, 0.15) is 0 Å². The number of aryl methyl sites for hydroxylation is 1. The summed E-state index contributed by atoms with van der Waals surface area (Å²) in [6.07, 6.45) is 4.65. The van der Waals surface area contributed by atoms with Gasteiger partial charge in [0.2, 0.25) is 5.91 Å². The molecule has 154 valence electrons. The first-order valence-electron chi connectivity index (χ1n) is 9.95. The maximum Gasteiger partial charge on any atom is 0.223 e. The van der Waals surface area contributed by atoms with E-state index in [9.17, 15) is 4.79 Å². The summed E-state index contributed by atoms with van der Waals surface area (Å²) >= 11 is 6.01. The Bertz CT molecular complexity index is 974. The summed E-state index contributed by atoms with van der Waals surface area (Å²) in [5.41, 5.74) is 2.00. The lowest BCUT2D eigenvalue weighted by atomic mass is 10.1. The molecular formula is C22H23ClN6O. The maximum atomic E-state index is 12.6. The average molecular weight is 423 g/mol. The van der Waals surface area contributed by atoms with Gasteiger partial charge in [0.25, 0.3) is 0 Å². The lowest BCUT2D eigenvalue weighted by Gasteiger charge is -2.35. The summed E-state index contributed by atoms with van der Waals surface area (Å²) in [6.45, 7) is 2.86. The van der Waals surface area contributed by atoms with Crippen LogP contribution in [-0.4, -0.2) is 52.2 Å². The molecule has 0 saturated carbocycles. The van der Waals surface area contributed by atoms with Gasteiger partial charge in [-0.1, -0.05) is 23.7 Å². The SMILES string of the molecule is O=C(CCc1cccc(Cl)c1)N1CCN(c2ccc(Nc3ccncc3)nn2)CC1. The number of rotatable bonds is 6. The zero-order valence-corrected chi connectivity index (χ0v) is 17.3. The van der Waals surface area contributed by atoms with E-state index in [0.29, 0.717) is 36.8 Å². The third-order valence-electron chi connectivity index (χ3n) is 5.08. The van der Waals surface area contributed by atoms with Crippen molar-refractivity contribution in [3.63, 3.8) is 0 Å². The Balaban J connectivity index is 1.26. The van der Waals surface area contributed by atoms with Crippen molar-refractivity contribution in [2.45, 2.75) is 12.8 Å². The van der Waals surface area contributed by atoms with Crippen LogP contribution >= 0.6 is 11.6 Å². The van der Waals surface area contributed by atoms with Crippen molar-refractivity contribution >= 4 is 34.8 Å². The number of nitrogens with zero attached hydrogens (tertiary/aromatic N) is 5. The molecule has 2 aromatic heterocycles. The summed E-state index contributed by atoms with van der Waals surface area (Å²) in [7, 11) is 0. The number of halogens is 1. The number of pyridine rings is 1. The summed E-state index contributed by atoms with van der Waals surface area (Å²) in [6, 6.07) is 15.3. The smallest absolute Gasteiger partial charge is 0.223 e. The first kappa shape index (κ1) is 20.1. The number of aromatic nitrogens is 3. The lowest BCUT2D eigenvalue weighted by molar-refractivity contribution is -0.131. The van der Waals surface area contributed by atoms with E-state index in [2.05, 4.69) is 25.4 Å². The van der Waals surface area contributed by atoms with Crippen molar-refractivity contribution in [3.05, 3.63) is 71.5 Å². The molecule has 1 amide bonds. The van der Waals surface area contributed by atoms with Crippen LogP contribution in [0.4, 0.5) is 17.3 Å². The third kappa shape index (κ3) is 5.24. The Labute approximate surface area is 180 Å². The number of piperazine rings is 1. The predicted octanol–water partition coefficient (Wildman–Crippen LogP) is 3.55. The van der Waals surface area contributed by atoms with Gasteiger partial charge in [-0.05, 0) is 48.4 Å². The molecule has 1 saturated heterocycles. The number of amides is 1. The van der Waals surface area contributed by atoms with E-state index in [-0.39, 0.29) is 5.91 Å². The molecule has 30 heavy (non-hydrogen) atoms. The Kier molecular flexibility index (Phi) is 6.39. The molecular weight excluding hydrogens is 400 g/mol. The molecule has 0 atom stereocenters. The third-order valence-corrected chi connectivity index (χ3v) is 5.31. The second kappa shape index (κ2) is 9.54. The number of carbonyl (C=O) groups excluding carboxylic acids is 1. The summed E-state index contributed by atoms with van der Waals surface area (Å²) < 4.78 is 0. The Morgan fingerprint density at radius 1 is 1.00 bits per heavy atom. The highest BCUT2D eigenvalue weighted by Gasteiger charge is 2.22. The van der Waals surface area contributed by atoms with Crippen LogP contribution in [-0.2, 0) is 11.2 Å². The van der Waals surface area contributed by atoms with Crippen LogP contribution in [0, 0.1) is 0 Å². The van der Waals surface area contributed by atoms with E-state index < -0.39 is 0 Å². The van der Waals surface area contributed by atoms with Crippen LogP contribution in [0.15, 0.2) is 60.9 Å². The van der Waals surface area contributed by atoms with E-state index in [1.54, 1.807) is 12.4 Å². The van der Waals surface area contributed by atoms with Gasteiger partial charge in [-0.2, -0.15) is 0 Å². The average Bonchev–Trinajstić information content (AvgIpc) is 2.79. The zero-order chi connectivity index (χ0) is 20.8. The van der Waals surface area contributed by atoms with Crippen molar-refractivity contribution in [2.75, 3.05) is 36.4 Å². The fraction of sp³-hybridized carbons (Fsp3) is 0.273. The molecule has 0 bridgehead atoms. The molecule has 0 aliphatic carbocycles. The standard InChI is InChI=1S/C22H23ClN6O/c23-18-3-1-2-17(16-18)4-7-22(30)29-14-12-28(13-15-29)21-6-5-20(26-27-21)25-19-8-10-24-11-9-19/h1-3,5-6,8-11,16H,4,7,12-15H2,(H,24,25,26). The molecule has 3 heterocycles. The molecule has 1 aliphatic rings. The van der Waals surface area contributed by atoms with Crippen LogP contribution in [0.5, 0.6) is 0 Å². The minimum Gasteiger partial charge on any atom is -0.352 e. The van der Waals surface area contributed by atoms with Gasteiger partial charge >= 0.3 is 0 Å². The molecule has 1 aromatic carbocycles. The van der Waals surface area contributed by atoms with Crippen molar-refractivity contribution in [2.24, 2.45) is 0 Å². The Morgan fingerprint density at radius 2 is 1.80 bits per heavy atom. The minimum atomic E-state index is 0.178. The highest BCUT2D eigenvalue weighted by atomic mass is 35.5. The van der Waals surface area contributed by atoms with Gasteiger partial charge in [0, 0.05) is 55.7 Å². The largest absolute Gasteiger partial charge is 0.352 e. The minimum absolute atomic E-state index is 0.178. The highest BCUT2D eigenvalue weighted by molar-refractivity contribution is 6.30. The van der Waals surface area contributed by atoms with Crippen molar-refractivity contribution in [3.8, 4) is 0 Å². The predicted molar refractivity (Wildman–Crippen MR) is 118 cm³/mol. The quantitative estimate of drug-likeness (QED) is 0.654. The first-order chi connectivity index (χ1) is 14.7. The van der Waals surface area contributed by atoms with Gasteiger partial charge < -0.3 is 15.1 Å². The van der Waals surface area contributed by atoms with Crippen LogP contribution < -0.4 is 10.2 Å². The lowest BCUT2D eigenvalue weighted by Crippen LogP contribution is -2.49. The number of anilines is 3. The van der Waals surface area contributed by atoms with E-state index >= 15 is 0 Å². The first-order valence-corrected chi connectivity index (χ1v) is 10.3. The number of carbonyl (C=O) groups is 1. The highest BCUT2D eigenvalue weighted by Crippen LogP contribution is 2.18. The van der Waals surface area contributed by atoms with E-state index in [4.69, 9.17) is 11.6 Å². The molecule has 7 nitrogen and oxygen atoms in total. The Morgan fingerprint density at radius 3 is 2.50 bits per heavy atom. The van der Waals surface area contributed by atoms with E-state index in [1.807, 2.05) is 53.4 Å². The van der Waals surface area contributed by atoms with Gasteiger partial charge in [0.05, 0.1) is 0 Å². The monoisotopic (exact) mass is 422 g/mol. The van der Waals surface area contributed by atoms with Crippen LogP contribution in [0.2, 0.25) is 5.02 Å². The van der Waals surface area contributed by atoms with Crippen LogP contribution in [0.1, 0.15) is 12.0 Å². The second-order valence-corrected chi connectivity index (χ2v) is 7.57. The van der Waals surface area contributed by atoms with Crippen molar-refractivity contribution in [1.29, 1.82) is 0 Å². The van der Waals surface area contributed by atoms with Crippen molar-refractivity contribution < 1.29 is 4.79 Å². The van der Waals surface area contributed by atoms with Crippen LogP contribution in [0.25, 0.3) is 0 Å².